The smallest absolute Gasteiger partial charge is 0.264 e. The van der Waals surface area contributed by atoms with Gasteiger partial charge in [0.1, 0.15) is 0 Å². The van der Waals surface area contributed by atoms with Gasteiger partial charge in [-0.1, -0.05) is 0 Å². The van der Waals surface area contributed by atoms with E-state index < -0.39 is 0 Å². The molecule has 0 aromatic carbocycles. The molecule has 1 aromatic rings. The number of rotatable bonds is 6. The first kappa shape index (κ1) is 17.1. The molecule has 1 aromatic heterocycles. The van der Waals surface area contributed by atoms with Gasteiger partial charge in [0.25, 0.3) is 5.56 Å². The maximum atomic E-state index is 12.4. The Kier molecular flexibility index (Phi) is 5.63. The van der Waals surface area contributed by atoms with E-state index in [0.717, 1.165) is 38.8 Å². The second-order valence-corrected chi connectivity index (χ2v) is 6.98. The normalized spacial score (nSPS) is 25.7. The predicted octanol–water partition coefficient (Wildman–Crippen LogP) is -0.0422. The van der Waals surface area contributed by atoms with E-state index in [1.807, 2.05) is 0 Å². The van der Waals surface area contributed by atoms with Gasteiger partial charge in [0.05, 0.1) is 11.8 Å². The van der Waals surface area contributed by atoms with E-state index in [1.54, 1.807) is 6.07 Å². The van der Waals surface area contributed by atoms with Gasteiger partial charge >= 0.3 is 0 Å². The highest BCUT2D eigenvalue weighted by Crippen LogP contribution is 2.35. The number of nitrogens with one attached hydrogen (secondary N) is 3. The third-order valence-corrected chi connectivity index (χ3v) is 5.22. The van der Waals surface area contributed by atoms with Gasteiger partial charge in [-0.05, 0) is 56.7 Å². The molecule has 0 spiro atoms. The molecule has 24 heavy (non-hydrogen) atoms. The number of nitrogens with zero attached hydrogens (tertiary/aromatic N) is 1. The van der Waals surface area contributed by atoms with E-state index in [4.69, 9.17) is 0 Å². The Hall–Kier alpha value is -1.73. The van der Waals surface area contributed by atoms with E-state index in [-0.39, 0.29) is 23.6 Å². The molecule has 132 valence electrons. The lowest BCUT2D eigenvalue weighted by atomic mass is 9.71. The SMILES string of the molecule is O=C(CCc1ccc(=O)[nH]n1)NC(C1CCNCC1)C1CC(O)C1. The maximum Gasteiger partial charge on any atom is 0.264 e. The summed E-state index contributed by atoms with van der Waals surface area (Å²) in [6.45, 7) is 1.99. The Bertz CT molecular complexity index is 586. The summed E-state index contributed by atoms with van der Waals surface area (Å²) in [6, 6.07) is 3.23. The Morgan fingerprint density at radius 2 is 2.04 bits per heavy atom. The summed E-state index contributed by atoms with van der Waals surface area (Å²) in [6.07, 6.45) is 4.37. The van der Waals surface area contributed by atoms with E-state index in [9.17, 15) is 14.7 Å². The molecule has 1 saturated heterocycles. The number of H-pyrrole nitrogens is 1. The molecule has 1 aliphatic heterocycles. The van der Waals surface area contributed by atoms with Gasteiger partial charge in [-0.2, -0.15) is 5.10 Å². The fourth-order valence-electron chi connectivity index (χ4n) is 3.76. The Morgan fingerprint density at radius 1 is 1.29 bits per heavy atom. The predicted molar refractivity (Wildman–Crippen MR) is 89.4 cm³/mol. The van der Waals surface area contributed by atoms with Gasteiger partial charge in [-0.3, -0.25) is 9.59 Å². The molecular formula is C17H26N4O3. The molecular weight excluding hydrogens is 308 g/mol. The molecule has 7 nitrogen and oxygen atoms in total. The van der Waals surface area contributed by atoms with Crippen molar-refractivity contribution >= 4 is 5.91 Å². The summed E-state index contributed by atoms with van der Waals surface area (Å²) < 4.78 is 0. The molecule has 4 N–H and O–H groups in total. The molecule has 2 aliphatic rings. The number of amides is 1. The number of carbonyl (C=O) groups is 1. The van der Waals surface area contributed by atoms with Crippen LogP contribution in [0.4, 0.5) is 0 Å². The zero-order valence-electron chi connectivity index (χ0n) is 13.8. The molecule has 1 unspecified atom stereocenters. The highest BCUT2D eigenvalue weighted by atomic mass is 16.3. The first-order valence-electron chi connectivity index (χ1n) is 8.84. The average molecular weight is 334 g/mol. The minimum Gasteiger partial charge on any atom is -0.393 e. The van der Waals surface area contributed by atoms with Crippen LogP contribution in [-0.2, 0) is 11.2 Å². The molecule has 0 radical (unpaired) electrons. The number of aromatic amines is 1. The third kappa shape index (κ3) is 4.42. The largest absolute Gasteiger partial charge is 0.393 e. The zero-order chi connectivity index (χ0) is 16.9. The van der Waals surface area contributed by atoms with Crippen molar-refractivity contribution in [2.75, 3.05) is 13.1 Å². The van der Waals surface area contributed by atoms with Crippen LogP contribution >= 0.6 is 0 Å². The summed E-state index contributed by atoms with van der Waals surface area (Å²) in [5, 5.41) is 22.5. The minimum absolute atomic E-state index is 0.0212. The van der Waals surface area contributed by atoms with E-state index in [0.29, 0.717) is 30.4 Å². The second-order valence-electron chi connectivity index (χ2n) is 6.98. The molecule has 1 aliphatic carbocycles. The maximum absolute atomic E-state index is 12.4. The summed E-state index contributed by atoms with van der Waals surface area (Å²) in [4.78, 5) is 23.4. The van der Waals surface area contributed by atoms with Gasteiger partial charge in [-0.25, -0.2) is 5.10 Å². The Labute approximate surface area is 141 Å². The van der Waals surface area contributed by atoms with E-state index in [2.05, 4.69) is 20.8 Å². The van der Waals surface area contributed by atoms with Gasteiger partial charge < -0.3 is 15.7 Å². The van der Waals surface area contributed by atoms with Gasteiger partial charge in [0, 0.05) is 24.9 Å². The van der Waals surface area contributed by atoms with E-state index in [1.165, 1.54) is 6.07 Å². The van der Waals surface area contributed by atoms with E-state index >= 15 is 0 Å². The quantitative estimate of drug-likeness (QED) is 0.584. The van der Waals surface area contributed by atoms with Crippen molar-refractivity contribution in [3.8, 4) is 0 Å². The van der Waals surface area contributed by atoms with Crippen molar-refractivity contribution in [2.45, 2.75) is 50.7 Å². The number of hydrogen-bond donors (Lipinski definition) is 4. The van der Waals surface area contributed by atoms with Gasteiger partial charge in [-0.15, -0.1) is 0 Å². The summed E-state index contributed by atoms with van der Waals surface area (Å²) in [5.41, 5.74) is 0.472. The van der Waals surface area contributed by atoms with Crippen molar-refractivity contribution in [1.29, 1.82) is 0 Å². The number of aliphatic hydroxyl groups is 1. The van der Waals surface area contributed by atoms with Crippen LogP contribution in [0, 0.1) is 11.8 Å². The molecule has 1 atom stereocenters. The number of aromatic nitrogens is 2. The molecule has 7 heteroatoms. The van der Waals surface area contributed by atoms with Crippen molar-refractivity contribution in [3.63, 3.8) is 0 Å². The molecule has 1 amide bonds. The molecule has 2 fully saturated rings. The molecule has 3 rings (SSSR count). The highest BCUT2D eigenvalue weighted by Gasteiger charge is 2.38. The van der Waals surface area contributed by atoms with Crippen molar-refractivity contribution < 1.29 is 9.90 Å². The van der Waals surface area contributed by atoms with Crippen LogP contribution in [0.25, 0.3) is 0 Å². The first-order valence-corrected chi connectivity index (χ1v) is 8.84. The third-order valence-electron chi connectivity index (χ3n) is 5.22. The van der Waals surface area contributed by atoms with Gasteiger partial charge in [0.15, 0.2) is 0 Å². The second kappa shape index (κ2) is 7.90. The van der Waals surface area contributed by atoms with Crippen LogP contribution in [0.5, 0.6) is 0 Å². The molecule has 0 bridgehead atoms. The number of aryl methyl sites for hydroxylation is 1. The number of hydrogen-bond acceptors (Lipinski definition) is 5. The topological polar surface area (TPSA) is 107 Å². The lowest BCUT2D eigenvalue weighted by molar-refractivity contribution is -0.123. The standard InChI is InChI=1S/C17H26N4O3/c22-14-9-12(10-14)17(11-5-7-18-8-6-11)19-15(23)3-1-13-2-4-16(24)21-20-13/h2,4,11-12,14,17-18,22H,1,3,5-10H2,(H,19,23)(H,21,24). The Morgan fingerprint density at radius 3 is 2.67 bits per heavy atom. The summed E-state index contributed by atoms with van der Waals surface area (Å²) in [5.74, 6) is 0.894. The van der Waals surface area contributed by atoms with Crippen LogP contribution in [0.1, 0.15) is 37.8 Å². The van der Waals surface area contributed by atoms with Crippen molar-refractivity contribution in [2.24, 2.45) is 11.8 Å². The molecule has 1 saturated carbocycles. The summed E-state index contributed by atoms with van der Waals surface area (Å²) in [7, 11) is 0. The fourth-order valence-corrected chi connectivity index (χ4v) is 3.76. The minimum atomic E-state index is -0.238. The highest BCUT2D eigenvalue weighted by molar-refractivity contribution is 5.76. The van der Waals surface area contributed by atoms with Crippen molar-refractivity contribution in [1.82, 2.24) is 20.8 Å². The first-order chi connectivity index (χ1) is 11.6. The van der Waals surface area contributed by atoms with Crippen LogP contribution in [0.3, 0.4) is 0 Å². The monoisotopic (exact) mass is 334 g/mol. The fraction of sp³-hybridized carbons (Fsp3) is 0.706. The lowest BCUT2D eigenvalue weighted by Crippen LogP contribution is -2.52. The average Bonchev–Trinajstić information content (AvgIpc) is 2.57. The summed E-state index contributed by atoms with van der Waals surface area (Å²) >= 11 is 0. The number of carbonyl (C=O) groups excluding carboxylic acids is 1. The number of piperidine rings is 1. The van der Waals surface area contributed by atoms with Crippen LogP contribution in [0.15, 0.2) is 16.9 Å². The zero-order valence-corrected chi connectivity index (χ0v) is 13.8. The molecule has 2 heterocycles. The number of aliphatic hydroxyl groups excluding tert-OH is 1. The van der Waals surface area contributed by atoms with Gasteiger partial charge in [0.2, 0.25) is 5.91 Å². The van der Waals surface area contributed by atoms with Crippen LogP contribution in [0.2, 0.25) is 0 Å². The Balaban J connectivity index is 1.54. The van der Waals surface area contributed by atoms with Crippen molar-refractivity contribution in [3.05, 3.63) is 28.2 Å². The van der Waals surface area contributed by atoms with Crippen LogP contribution in [-0.4, -0.2) is 46.4 Å². The van der Waals surface area contributed by atoms with Crippen LogP contribution < -0.4 is 16.2 Å². The lowest BCUT2D eigenvalue weighted by Gasteiger charge is -2.43.